The van der Waals surface area contributed by atoms with Crippen molar-refractivity contribution >= 4 is 5.97 Å². The van der Waals surface area contributed by atoms with Crippen molar-refractivity contribution in [3.05, 3.63) is 18.0 Å². The highest BCUT2D eigenvalue weighted by Gasteiger charge is 2.26. The molecule has 2 unspecified atom stereocenters. The minimum atomic E-state index is -0.852. The van der Waals surface area contributed by atoms with Gasteiger partial charge in [0.05, 0.1) is 12.2 Å². The number of hydrogen-bond acceptors (Lipinski definition) is 3. The number of hydrogen-bond donors (Lipinski definition) is 2. The van der Waals surface area contributed by atoms with Crippen LogP contribution in [0.4, 0.5) is 0 Å². The highest BCUT2D eigenvalue weighted by Crippen LogP contribution is 2.12. The van der Waals surface area contributed by atoms with E-state index >= 15 is 0 Å². The third-order valence-electron chi connectivity index (χ3n) is 2.41. The molecule has 0 aliphatic carbocycles. The average Bonchev–Trinajstić information content (AvgIpc) is 2.59. The Morgan fingerprint density at radius 1 is 1.50 bits per heavy atom. The first-order valence-electron chi connectivity index (χ1n) is 5.41. The van der Waals surface area contributed by atoms with Gasteiger partial charge in [-0.3, -0.25) is 9.48 Å². The number of nitrogens with one attached hydrogen (secondary N) is 1. The summed E-state index contributed by atoms with van der Waals surface area (Å²) in [6.45, 7) is 7.64. The Hall–Kier alpha value is -1.36. The molecule has 0 saturated heterocycles. The van der Waals surface area contributed by atoms with Crippen LogP contribution in [0.25, 0.3) is 0 Å². The maximum Gasteiger partial charge on any atom is 0.322 e. The number of carboxylic acid groups (broad SMARTS) is 1. The van der Waals surface area contributed by atoms with Gasteiger partial charge in [0.2, 0.25) is 0 Å². The van der Waals surface area contributed by atoms with Gasteiger partial charge >= 0.3 is 5.97 Å². The van der Waals surface area contributed by atoms with E-state index in [1.54, 1.807) is 10.9 Å². The van der Waals surface area contributed by atoms with Crippen LogP contribution in [-0.2, 0) is 4.79 Å². The van der Waals surface area contributed by atoms with Crippen molar-refractivity contribution in [1.29, 1.82) is 0 Å². The molecule has 0 saturated carbocycles. The number of rotatable bonds is 5. The number of carbonyl (C=O) groups is 1. The lowest BCUT2D eigenvalue weighted by Crippen LogP contribution is -2.46. The maximum absolute atomic E-state index is 11.2. The molecule has 1 aromatic rings. The molecule has 1 rings (SSSR count). The van der Waals surface area contributed by atoms with Crippen molar-refractivity contribution in [1.82, 2.24) is 15.1 Å². The molecule has 0 aliphatic heterocycles. The minimum absolute atomic E-state index is 0.125. The summed E-state index contributed by atoms with van der Waals surface area (Å²) >= 11 is 0. The van der Waals surface area contributed by atoms with Crippen LogP contribution in [0.1, 0.15) is 32.4 Å². The second-order valence-electron chi connectivity index (χ2n) is 4.38. The molecule has 2 N–H and O–H groups in total. The monoisotopic (exact) mass is 225 g/mol. The van der Waals surface area contributed by atoms with Crippen LogP contribution in [-0.4, -0.2) is 32.9 Å². The standard InChI is InChI=1S/C11H19N3O2/c1-7(2)13-10(11(15)16)9(4)14-6-8(3)5-12-14/h5-7,9-10,13H,1-4H3,(H,15,16). The minimum Gasteiger partial charge on any atom is -0.480 e. The topological polar surface area (TPSA) is 67.2 Å². The SMILES string of the molecule is Cc1cnn(C(C)C(NC(C)C)C(=O)O)c1. The Kier molecular flexibility index (Phi) is 4.06. The van der Waals surface area contributed by atoms with Gasteiger partial charge in [0, 0.05) is 12.2 Å². The Balaban J connectivity index is 2.82. The lowest BCUT2D eigenvalue weighted by atomic mass is 10.1. The van der Waals surface area contributed by atoms with Crippen LogP contribution >= 0.6 is 0 Å². The molecule has 0 spiro atoms. The Bertz CT molecular complexity index is 360. The van der Waals surface area contributed by atoms with Crippen LogP contribution in [0.2, 0.25) is 0 Å². The van der Waals surface area contributed by atoms with E-state index in [0.29, 0.717) is 0 Å². The zero-order valence-corrected chi connectivity index (χ0v) is 10.1. The summed E-state index contributed by atoms with van der Waals surface area (Å²) in [4.78, 5) is 11.2. The van der Waals surface area contributed by atoms with Crippen LogP contribution in [0, 0.1) is 6.92 Å². The van der Waals surface area contributed by atoms with Crippen LogP contribution in [0.3, 0.4) is 0 Å². The zero-order valence-electron chi connectivity index (χ0n) is 10.1. The maximum atomic E-state index is 11.2. The van der Waals surface area contributed by atoms with Gasteiger partial charge in [-0.25, -0.2) is 0 Å². The van der Waals surface area contributed by atoms with E-state index in [2.05, 4.69) is 10.4 Å². The number of aliphatic carboxylic acids is 1. The molecular weight excluding hydrogens is 206 g/mol. The van der Waals surface area contributed by atoms with Gasteiger partial charge in [0.25, 0.3) is 0 Å². The normalized spacial score (nSPS) is 15.1. The molecule has 0 bridgehead atoms. The largest absolute Gasteiger partial charge is 0.480 e. The van der Waals surface area contributed by atoms with Crippen molar-refractivity contribution in [2.75, 3.05) is 0 Å². The molecule has 0 amide bonds. The van der Waals surface area contributed by atoms with Crippen LogP contribution in [0.15, 0.2) is 12.4 Å². The second-order valence-corrected chi connectivity index (χ2v) is 4.38. The van der Waals surface area contributed by atoms with Gasteiger partial charge in [-0.2, -0.15) is 5.10 Å². The smallest absolute Gasteiger partial charge is 0.322 e. The number of nitrogens with zero attached hydrogens (tertiary/aromatic N) is 2. The first-order valence-corrected chi connectivity index (χ1v) is 5.41. The van der Waals surface area contributed by atoms with Crippen molar-refractivity contribution < 1.29 is 9.90 Å². The predicted molar refractivity (Wildman–Crippen MR) is 61.4 cm³/mol. The first-order chi connectivity index (χ1) is 7.41. The van der Waals surface area contributed by atoms with Crippen molar-refractivity contribution in [2.45, 2.75) is 45.8 Å². The summed E-state index contributed by atoms with van der Waals surface area (Å²) in [6.07, 6.45) is 3.58. The highest BCUT2D eigenvalue weighted by molar-refractivity contribution is 5.74. The van der Waals surface area contributed by atoms with E-state index in [9.17, 15) is 4.79 Å². The fourth-order valence-corrected chi connectivity index (χ4v) is 1.58. The average molecular weight is 225 g/mol. The van der Waals surface area contributed by atoms with E-state index in [1.807, 2.05) is 33.9 Å². The first kappa shape index (κ1) is 12.7. The lowest BCUT2D eigenvalue weighted by molar-refractivity contribution is -0.140. The van der Waals surface area contributed by atoms with E-state index < -0.39 is 12.0 Å². The molecule has 5 nitrogen and oxygen atoms in total. The number of aromatic nitrogens is 2. The molecular formula is C11H19N3O2. The second kappa shape index (κ2) is 5.12. The quantitative estimate of drug-likeness (QED) is 0.790. The summed E-state index contributed by atoms with van der Waals surface area (Å²) in [5, 5.41) is 16.3. The number of aryl methyl sites for hydroxylation is 1. The molecule has 0 aliphatic rings. The predicted octanol–water partition coefficient (Wildman–Crippen LogP) is 1.20. The van der Waals surface area contributed by atoms with Gasteiger partial charge in [-0.15, -0.1) is 0 Å². The Labute approximate surface area is 95.5 Å². The van der Waals surface area contributed by atoms with Gasteiger partial charge in [-0.05, 0) is 19.4 Å². The highest BCUT2D eigenvalue weighted by atomic mass is 16.4. The fourth-order valence-electron chi connectivity index (χ4n) is 1.58. The molecule has 0 radical (unpaired) electrons. The van der Waals surface area contributed by atoms with E-state index in [4.69, 9.17) is 5.11 Å². The molecule has 1 aromatic heterocycles. The zero-order chi connectivity index (χ0) is 12.3. The van der Waals surface area contributed by atoms with Crippen molar-refractivity contribution in [3.63, 3.8) is 0 Å². The van der Waals surface area contributed by atoms with E-state index in [-0.39, 0.29) is 12.1 Å². The summed E-state index contributed by atoms with van der Waals surface area (Å²) < 4.78 is 1.68. The molecule has 0 fully saturated rings. The third-order valence-corrected chi connectivity index (χ3v) is 2.41. The van der Waals surface area contributed by atoms with Gasteiger partial charge in [0.15, 0.2) is 0 Å². The molecule has 0 aromatic carbocycles. The molecule has 90 valence electrons. The Morgan fingerprint density at radius 2 is 2.12 bits per heavy atom. The van der Waals surface area contributed by atoms with E-state index in [0.717, 1.165) is 5.56 Å². The van der Waals surface area contributed by atoms with E-state index in [1.165, 1.54) is 0 Å². The van der Waals surface area contributed by atoms with Crippen molar-refractivity contribution in [3.8, 4) is 0 Å². The fraction of sp³-hybridized carbons (Fsp3) is 0.636. The lowest BCUT2D eigenvalue weighted by Gasteiger charge is -2.23. The van der Waals surface area contributed by atoms with Crippen molar-refractivity contribution in [2.24, 2.45) is 0 Å². The van der Waals surface area contributed by atoms with Gasteiger partial charge in [0.1, 0.15) is 6.04 Å². The molecule has 2 atom stereocenters. The third kappa shape index (κ3) is 3.06. The Morgan fingerprint density at radius 3 is 2.50 bits per heavy atom. The molecule has 5 heteroatoms. The summed E-state index contributed by atoms with van der Waals surface area (Å²) in [6, 6.07) is -0.715. The van der Waals surface area contributed by atoms with Gasteiger partial charge < -0.3 is 10.4 Å². The summed E-state index contributed by atoms with van der Waals surface area (Å²) in [5.74, 6) is -0.852. The van der Waals surface area contributed by atoms with Crippen LogP contribution in [0.5, 0.6) is 0 Å². The molecule has 16 heavy (non-hydrogen) atoms. The molecule has 1 heterocycles. The summed E-state index contributed by atoms with van der Waals surface area (Å²) in [7, 11) is 0. The number of carboxylic acids is 1. The van der Waals surface area contributed by atoms with Crippen LogP contribution < -0.4 is 5.32 Å². The van der Waals surface area contributed by atoms with Gasteiger partial charge in [-0.1, -0.05) is 13.8 Å². The summed E-state index contributed by atoms with van der Waals surface area (Å²) in [5.41, 5.74) is 1.03.